The molecule has 0 aliphatic heterocycles. The predicted molar refractivity (Wildman–Crippen MR) is 85.5 cm³/mol. The third-order valence-corrected chi connectivity index (χ3v) is 4.90. The Morgan fingerprint density at radius 2 is 2.19 bits per heavy atom. The second-order valence-electron chi connectivity index (χ2n) is 6.24. The Morgan fingerprint density at radius 1 is 1.43 bits per heavy atom. The smallest absolute Gasteiger partial charge is 0.144 e. The highest BCUT2D eigenvalue weighted by Crippen LogP contribution is 2.35. The fourth-order valence-corrected chi connectivity index (χ4v) is 3.71. The fourth-order valence-electron chi connectivity index (χ4n) is 3.38. The van der Waals surface area contributed by atoms with Crippen LogP contribution in [0.5, 0.6) is 0 Å². The number of nitrogens with zero attached hydrogens (tertiary/aromatic N) is 2. The molecular weight excluding hydrogens is 310 g/mol. The van der Waals surface area contributed by atoms with Crippen LogP contribution in [0.15, 0.2) is 12.1 Å². The van der Waals surface area contributed by atoms with Crippen LogP contribution in [0.3, 0.4) is 0 Å². The highest BCUT2D eigenvalue weighted by molar-refractivity contribution is 6.31. The van der Waals surface area contributed by atoms with Crippen molar-refractivity contribution in [2.75, 3.05) is 0 Å². The highest BCUT2D eigenvalue weighted by atomic mass is 35.5. The van der Waals surface area contributed by atoms with E-state index < -0.39 is 5.82 Å². The second-order valence-corrected chi connectivity index (χ2v) is 7.30. The van der Waals surface area contributed by atoms with Gasteiger partial charge >= 0.3 is 0 Å². The first kappa shape index (κ1) is 15.1. The first-order valence-electron chi connectivity index (χ1n) is 7.45. The van der Waals surface area contributed by atoms with Crippen LogP contribution in [0, 0.1) is 17.7 Å². The third kappa shape index (κ3) is 2.91. The summed E-state index contributed by atoms with van der Waals surface area (Å²) in [5, 5.41) is -0.0738. The maximum atomic E-state index is 13.6. The van der Waals surface area contributed by atoms with Crippen LogP contribution in [-0.2, 0) is 6.54 Å². The average Bonchev–Trinajstić information content (AvgIpc) is 2.96. The van der Waals surface area contributed by atoms with Crippen molar-refractivity contribution in [3.8, 4) is 0 Å². The molecule has 3 atom stereocenters. The summed E-state index contributed by atoms with van der Waals surface area (Å²) < 4.78 is 15.8. The molecular formula is C16H19Cl2FN2. The third-order valence-electron chi connectivity index (χ3n) is 4.42. The molecule has 2 aromatic rings. The first-order chi connectivity index (χ1) is 9.95. The number of imidazole rings is 1. The number of rotatable bonds is 3. The van der Waals surface area contributed by atoms with Crippen molar-refractivity contribution in [3.63, 3.8) is 0 Å². The number of aromatic nitrogens is 2. The van der Waals surface area contributed by atoms with E-state index in [-0.39, 0.29) is 10.4 Å². The Labute approximate surface area is 134 Å². The Balaban J connectivity index is 2.05. The van der Waals surface area contributed by atoms with Gasteiger partial charge in [-0.25, -0.2) is 9.37 Å². The van der Waals surface area contributed by atoms with Crippen molar-refractivity contribution in [2.24, 2.45) is 11.8 Å². The normalized spacial score (nSPS) is 23.9. The van der Waals surface area contributed by atoms with Crippen LogP contribution < -0.4 is 0 Å². The molecule has 3 unspecified atom stereocenters. The summed E-state index contributed by atoms with van der Waals surface area (Å²) in [4.78, 5) is 4.51. The largest absolute Gasteiger partial charge is 0.326 e. The molecule has 1 aliphatic carbocycles. The molecule has 1 aromatic carbocycles. The van der Waals surface area contributed by atoms with Crippen LogP contribution in [0.1, 0.15) is 44.3 Å². The number of halogens is 3. The van der Waals surface area contributed by atoms with Crippen molar-refractivity contribution >= 4 is 34.2 Å². The van der Waals surface area contributed by atoms with Gasteiger partial charge in [-0.1, -0.05) is 24.9 Å². The van der Waals surface area contributed by atoms with E-state index >= 15 is 0 Å². The lowest BCUT2D eigenvalue weighted by Gasteiger charge is -2.15. The summed E-state index contributed by atoms with van der Waals surface area (Å²) in [6.07, 6.45) is 3.73. The van der Waals surface area contributed by atoms with Crippen molar-refractivity contribution in [1.82, 2.24) is 9.55 Å². The van der Waals surface area contributed by atoms with Crippen LogP contribution in [0.4, 0.5) is 4.39 Å². The summed E-state index contributed by atoms with van der Waals surface area (Å²) in [7, 11) is 0. The van der Waals surface area contributed by atoms with Crippen molar-refractivity contribution in [2.45, 2.75) is 45.0 Å². The van der Waals surface area contributed by atoms with E-state index in [2.05, 4.69) is 16.5 Å². The maximum absolute atomic E-state index is 13.6. The Bertz CT molecular complexity index is 666. The minimum absolute atomic E-state index is 0.136. The maximum Gasteiger partial charge on any atom is 0.144 e. The van der Waals surface area contributed by atoms with E-state index in [4.69, 9.17) is 23.2 Å². The van der Waals surface area contributed by atoms with Gasteiger partial charge in [0.2, 0.25) is 0 Å². The molecule has 21 heavy (non-hydrogen) atoms. The van der Waals surface area contributed by atoms with Gasteiger partial charge in [0, 0.05) is 12.6 Å². The molecule has 1 fully saturated rings. The van der Waals surface area contributed by atoms with Crippen molar-refractivity contribution in [3.05, 3.63) is 28.8 Å². The molecule has 1 aliphatic rings. The van der Waals surface area contributed by atoms with E-state index in [1.165, 1.54) is 25.3 Å². The minimum atomic E-state index is -0.433. The molecule has 0 saturated heterocycles. The Kier molecular flexibility index (Phi) is 4.15. The quantitative estimate of drug-likeness (QED) is 0.674. The summed E-state index contributed by atoms with van der Waals surface area (Å²) in [6, 6.07) is 3.06. The summed E-state index contributed by atoms with van der Waals surface area (Å²) in [5.41, 5.74) is 1.51. The highest BCUT2D eigenvalue weighted by Gasteiger charge is 2.25. The van der Waals surface area contributed by atoms with E-state index in [1.54, 1.807) is 6.07 Å². The van der Waals surface area contributed by atoms with Crippen LogP contribution in [0.2, 0.25) is 5.02 Å². The zero-order valence-corrected chi connectivity index (χ0v) is 13.8. The summed E-state index contributed by atoms with van der Waals surface area (Å²) >= 11 is 12.2. The van der Waals surface area contributed by atoms with E-state index in [0.717, 1.165) is 23.8 Å². The molecule has 0 amide bonds. The van der Waals surface area contributed by atoms with Crippen LogP contribution in [-0.4, -0.2) is 9.55 Å². The average molecular weight is 329 g/mol. The Hall–Kier alpha value is -0.800. The van der Waals surface area contributed by atoms with Gasteiger partial charge in [-0.05, 0) is 37.7 Å². The minimum Gasteiger partial charge on any atom is -0.326 e. The first-order valence-corrected chi connectivity index (χ1v) is 8.26. The molecule has 0 spiro atoms. The predicted octanol–water partition coefficient (Wildman–Crippen LogP) is 5.56. The molecule has 0 N–H and O–H groups in total. The standard InChI is InChI=1S/C16H19Cl2FN2/c1-9-3-4-11(5-9)8-21-15-6-12(18)13(19)7-14(15)20-16(21)10(2)17/h6-7,9-11H,3-5,8H2,1-2H3. The molecule has 3 rings (SSSR count). The van der Waals surface area contributed by atoms with Crippen LogP contribution in [0.25, 0.3) is 11.0 Å². The molecule has 1 aromatic heterocycles. The van der Waals surface area contributed by atoms with Crippen molar-refractivity contribution in [1.29, 1.82) is 0 Å². The summed E-state index contributed by atoms with van der Waals surface area (Å²) in [6.45, 7) is 5.08. The Morgan fingerprint density at radius 3 is 2.81 bits per heavy atom. The zero-order chi connectivity index (χ0) is 15.1. The molecule has 114 valence electrons. The van der Waals surface area contributed by atoms with Gasteiger partial charge < -0.3 is 4.57 Å². The molecule has 5 heteroatoms. The van der Waals surface area contributed by atoms with E-state index in [0.29, 0.717) is 11.4 Å². The molecule has 1 heterocycles. The SMILES string of the molecule is CC1CCC(Cn2c(C(C)Cl)nc3cc(F)c(Cl)cc32)C1. The van der Waals surface area contributed by atoms with E-state index in [9.17, 15) is 4.39 Å². The topological polar surface area (TPSA) is 17.8 Å². The lowest BCUT2D eigenvalue weighted by molar-refractivity contribution is 0.438. The van der Waals surface area contributed by atoms with Gasteiger partial charge in [0.25, 0.3) is 0 Å². The summed E-state index contributed by atoms with van der Waals surface area (Å²) in [5.74, 6) is 1.78. The zero-order valence-electron chi connectivity index (χ0n) is 12.2. The molecule has 1 saturated carbocycles. The van der Waals surface area contributed by atoms with E-state index in [1.807, 2.05) is 6.92 Å². The number of fused-ring (bicyclic) bond motifs is 1. The van der Waals surface area contributed by atoms with Gasteiger partial charge in [0.15, 0.2) is 0 Å². The molecule has 0 radical (unpaired) electrons. The molecule has 0 bridgehead atoms. The van der Waals surface area contributed by atoms with Gasteiger partial charge in [0.05, 0.1) is 21.4 Å². The van der Waals surface area contributed by atoms with Crippen molar-refractivity contribution < 1.29 is 4.39 Å². The number of hydrogen-bond donors (Lipinski definition) is 0. The number of hydrogen-bond acceptors (Lipinski definition) is 1. The van der Waals surface area contributed by atoms with Gasteiger partial charge in [0.1, 0.15) is 11.6 Å². The monoisotopic (exact) mass is 328 g/mol. The van der Waals surface area contributed by atoms with Gasteiger partial charge in [-0.3, -0.25) is 0 Å². The lowest BCUT2D eigenvalue weighted by Crippen LogP contribution is -2.11. The molecule has 2 nitrogen and oxygen atoms in total. The van der Waals surface area contributed by atoms with Gasteiger partial charge in [-0.15, -0.1) is 11.6 Å². The number of alkyl halides is 1. The fraction of sp³-hybridized carbons (Fsp3) is 0.562. The lowest BCUT2D eigenvalue weighted by atomic mass is 10.1. The van der Waals surface area contributed by atoms with Gasteiger partial charge in [-0.2, -0.15) is 0 Å². The second kappa shape index (κ2) is 5.77. The van der Waals surface area contributed by atoms with Crippen LogP contribution >= 0.6 is 23.2 Å². The number of benzene rings is 1.